The SMILES string of the molecule is NS(=O)(=O)c1ccc(-c2cccc(-c3coc(CCCC(=O)O)n3)c2)cc1. The van der Waals surface area contributed by atoms with Crippen LogP contribution in [0.2, 0.25) is 0 Å². The second kappa shape index (κ2) is 7.73. The second-order valence-electron chi connectivity index (χ2n) is 6.02. The number of benzene rings is 2. The summed E-state index contributed by atoms with van der Waals surface area (Å²) < 4.78 is 28.1. The maximum Gasteiger partial charge on any atom is 0.303 e. The van der Waals surface area contributed by atoms with Crippen LogP contribution in [0.25, 0.3) is 22.4 Å². The highest BCUT2D eigenvalue weighted by molar-refractivity contribution is 7.89. The van der Waals surface area contributed by atoms with Gasteiger partial charge in [0.1, 0.15) is 12.0 Å². The van der Waals surface area contributed by atoms with Crippen molar-refractivity contribution in [3.8, 4) is 22.4 Å². The number of carboxylic acids is 1. The standard InChI is InChI=1S/C19H18N2O5S/c20-27(24,25)16-9-7-13(8-10-16)14-3-1-4-15(11-14)17-12-26-18(21-17)5-2-6-19(22)23/h1,3-4,7-12H,2,5-6H2,(H,22,23)(H2,20,24,25). The normalized spacial score (nSPS) is 11.4. The van der Waals surface area contributed by atoms with Crippen molar-refractivity contribution in [3.05, 3.63) is 60.7 Å². The van der Waals surface area contributed by atoms with Crippen LogP contribution >= 0.6 is 0 Å². The molecule has 0 saturated carbocycles. The lowest BCUT2D eigenvalue weighted by Gasteiger charge is -2.05. The molecule has 0 radical (unpaired) electrons. The van der Waals surface area contributed by atoms with Gasteiger partial charge in [-0.1, -0.05) is 30.3 Å². The van der Waals surface area contributed by atoms with E-state index in [-0.39, 0.29) is 11.3 Å². The van der Waals surface area contributed by atoms with E-state index < -0.39 is 16.0 Å². The summed E-state index contributed by atoms with van der Waals surface area (Å²) in [5.41, 5.74) is 3.23. The number of sulfonamides is 1. The van der Waals surface area contributed by atoms with Gasteiger partial charge < -0.3 is 9.52 Å². The Hall–Kier alpha value is -2.97. The third-order valence-corrected chi connectivity index (χ3v) is 4.94. The maximum absolute atomic E-state index is 11.4. The highest BCUT2D eigenvalue weighted by Crippen LogP contribution is 2.27. The number of hydrogen-bond donors (Lipinski definition) is 2. The van der Waals surface area contributed by atoms with E-state index in [1.807, 2.05) is 24.3 Å². The molecule has 0 saturated heterocycles. The number of hydrogen-bond acceptors (Lipinski definition) is 5. The molecule has 7 nitrogen and oxygen atoms in total. The first-order valence-corrected chi connectivity index (χ1v) is 9.77. The molecule has 8 heteroatoms. The average Bonchev–Trinajstić information content (AvgIpc) is 3.10. The van der Waals surface area contributed by atoms with Crippen LogP contribution in [0.4, 0.5) is 0 Å². The highest BCUT2D eigenvalue weighted by atomic mass is 32.2. The molecule has 0 bridgehead atoms. The van der Waals surface area contributed by atoms with Crippen LogP contribution < -0.4 is 5.14 Å². The molecule has 0 aliphatic heterocycles. The molecule has 3 rings (SSSR count). The lowest BCUT2D eigenvalue weighted by Crippen LogP contribution is -2.11. The summed E-state index contributed by atoms with van der Waals surface area (Å²) >= 11 is 0. The first-order chi connectivity index (χ1) is 12.8. The van der Waals surface area contributed by atoms with Crippen molar-refractivity contribution in [1.29, 1.82) is 0 Å². The van der Waals surface area contributed by atoms with E-state index in [9.17, 15) is 13.2 Å². The quantitative estimate of drug-likeness (QED) is 0.643. The Morgan fingerprint density at radius 2 is 1.78 bits per heavy atom. The highest BCUT2D eigenvalue weighted by Gasteiger charge is 2.10. The maximum atomic E-state index is 11.4. The van der Waals surface area contributed by atoms with Crippen LogP contribution in [0.1, 0.15) is 18.7 Å². The van der Waals surface area contributed by atoms with Crippen molar-refractivity contribution in [1.82, 2.24) is 4.98 Å². The van der Waals surface area contributed by atoms with Crippen LogP contribution in [0.15, 0.2) is 64.1 Å². The zero-order chi connectivity index (χ0) is 19.4. The predicted octanol–water partition coefficient (Wildman–Crippen LogP) is 3.06. The Morgan fingerprint density at radius 3 is 2.44 bits per heavy atom. The van der Waals surface area contributed by atoms with E-state index in [4.69, 9.17) is 14.7 Å². The summed E-state index contributed by atoms with van der Waals surface area (Å²) in [5.74, 6) is -0.350. The zero-order valence-electron chi connectivity index (χ0n) is 14.3. The molecular weight excluding hydrogens is 368 g/mol. The number of nitrogens with zero attached hydrogens (tertiary/aromatic N) is 1. The molecular formula is C19H18N2O5S. The summed E-state index contributed by atoms with van der Waals surface area (Å²) in [4.78, 5) is 15.0. The summed E-state index contributed by atoms with van der Waals surface area (Å²) in [6.07, 6.45) is 2.54. The first-order valence-electron chi connectivity index (χ1n) is 8.23. The predicted molar refractivity (Wildman–Crippen MR) is 99.3 cm³/mol. The third kappa shape index (κ3) is 4.81. The molecule has 0 aliphatic carbocycles. The molecule has 3 N–H and O–H groups in total. The van der Waals surface area contributed by atoms with Gasteiger partial charge in [-0.3, -0.25) is 4.79 Å². The van der Waals surface area contributed by atoms with Gasteiger partial charge in [0.15, 0.2) is 5.89 Å². The minimum atomic E-state index is -3.72. The molecule has 0 unspecified atom stereocenters. The van der Waals surface area contributed by atoms with Crippen LogP contribution in [0.3, 0.4) is 0 Å². The number of rotatable bonds is 7. The van der Waals surface area contributed by atoms with Crippen molar-refractivity contribution in [3.63, 3.8) is 0 Å². The van der Waals surface area contributed by atoms with Crippen LogP contribution in [-0.2, 0) is 21.2 Å². The molecule has 0 atom stereocenters. The Bertz CT molecular complexity index is 1060. The first kappa shape index (κ1) is 18.8. The minimum absolute atomic E-state index is 0.0601. The number of primary sulfonamides is 1. The van der Waals surface area contributed by atoms with E-state index in [1.54, 1.807) is 18.4 Å². The Kier molecular flexibility index (Phi) is 5.38. The molecule has 0 amide bonds. The Morgan fingerprint density at radius 1 is 1.07 bits per heavy atom. The molecule has 2 aromatic carbocycles. The van der Waals surface area contributed by atoms with Crippen LogP contribution in [0.5, 0.6) is 0 Å². The molecule has 0 spiro atoms. The smallest absolute Gasteiger partial charge is 0.303 e. The molecule has 27 heavy (non-hydrogen) atoms. The fraction of sp³-hybridized carbons (Fsp3) is 0.158. The fourth-order valence-corrected chi connectivity index (χ4v) is 3.16. The van der Waals surface area contributed by atoms with E-state index in [0.29, 0.717) is 24.4 Å². The monoisotopic (exact) mass is 386 g/mol. The molecule has 3 aromatic rings. The van der Waals surface area contributed by atoms with Crippen LogP contribution in [-0.4, -0.2) is 24.5 Å². The molecule has 1 aromatic heterocycles. The van der Waals surface area contributed by atoms with Gasteiger partial charge in [-0.05, 0) is 35.7 Å². The summed E-state index contributed by atoms with van der Waals surface area (Å²) in [5, 5.41) is 13.8. The molecule has 1 heterocycles. The molecule has 0 fully saturated rings. The second-order valence-corrected chi connectivity index (χ2v) is 7.59. The van der Waals surface area contributed by atoms with Crippen LogP contribution in [0, 0.1) is 0 Å². The number of carboxylic acid groups (broad SMARTS) is 1. The zero-order valence-corrected chi connectivity index (χ0v) is 15.1. The van der Waals surface area contributed by atoms with Gasteiger partial charge in [0.2, 0.25) is 10.0 Å². The lowest BCUT2D eigenvalue weighted by atomic mass is 10.0. The number of aliphatic carboxylic acids is 1. The van der Waals surface area contributed by atoms with Gasteiger partial charge in [-0.25, -0.2) is 18.5 Å². The van der Waals surface area contributed by atoms with Gasteiger partial charge in [0.05, 0.1) is 4.90 Å². The van der Waals surface area contributed by atoms with Crippen molar-refractivity contribution in [2.24, 2.45) is 5.14 Å². The van der Waals surface area contributed by atoms with E-state index in [1.165, 1.54) is 12.1 Å². The van der Waals surface area contributed by atoms with Gasteiger partial charge in [-0.15, -0.1) is 0 Å². The van der Waals surface area contributed by atoms with E-state index in [2.05, 4.69) is 4.98 Å². The van der Waals surface area contributed by atoms with Crippen molar-refractivity contribution in [2.45, 2.75) is 24.2 Å². The minimum Gasteiger partial charge on any atom is -0.481 e. The van der Waals surface area contributed by atoms with Crippen molar-refractivity contribution >= 4 is 16.0 Å². The Balaban J connectivity index is 1.80. The third-order valence-electron chi connectivity index (χ3n) is 4.01. The van der Waals surface area contributed by atoms with Gasteiger partial charge >= 0.3 is 5.97 Å². The van der Waals surface area contributed by atoms with Gasteiger partial charge in [-0.2, -0.15) is 0 Å². The topological polar surface area (TPSA) is 123 Å². The average molecular weight is 386 g/mol. The number of carbonyl (C=O) groups is 1. The number of aromatic nitrogens is 1. The summed E-state index contributed by atoms with van der Waals surface area (Å²) in [7, 11) is -3.72. The van der Waals surface area contributed by atoms with Gasteiger partial charge in [0.25, 0.3) is 0 Å². The van der Waals surface area contributed by atoms with Gasteiger partial charge in [0, 0.05) is 18.4 Å². The van der Waals surface area contributed by atoms with E-state index in [0.717, 1.165) is 16.7 Å². The largest absolute Gasteiger partial charge is 0.481 e. The number of nitrogens with two attached hydrogens (primary N) is 1. The molecule has 140 valence electrons. The lowest BCUT2D eigenvalue weighted by molar-refractivity contribution is -0.137. The van der Waals surface area contributed by atoms with Crippen molar-refractivity contribution < 1.29 is 22.7 Å². The van der Waals surface area contributed by atoms with E-state index >= 15 is 0 Å². The van der Waals surface area contributed by atoms with Crippen molar-refractivity contribution in [2.75, 3.05) is 0 Å². The number of aryl methyl sites for hydroxylation is 1. The fourth-order valence-electron chi connectivity index (χ4n) is 2.64. The summed E-state index contributed by atoms with van der Waals surface area (Å²) in [6.45, 7) is 0. The summed E-state index contributed by atoms with van der Waals surface area (Å²) in [6, 6.07) is 13.9. The number of oxazole rings is 1. The Labute approximate surface area is 156 Å². The molecule has 0 aliphatic rings.